The first-order valence-electron chi connectivity index (χ1n) is 5.39. The molecule has 0 radical (unpaired) electrons. The van der Waals surface area contributed by atoms with Crippen molar-refractivity contribution in [2.75, 3.05) is 0 Å². The highest BCUT2D eigenvalue weighted by Gasteiger charge is 2.34. The lowest BCUT2D eigenvalue weighted by molar-refractivity contribution is -0.132. The molecule has 1 amide bonds. The van der Waals surface area contributed by atoms with E-state index in [1.807, 2.05) is 0 Å². The van der Waals surface area contributed by atoms with Crippen LogP contribution in [0.3, 0.4) is 0 Å². The van der Waals surface area contributed by atoms with Gasteiger partial charge in [-0.05, 0) is 30.6 Å². The Hall–Kier alpha value is -0.670. The van der Waals surface area contributed by atoms with Crippen molar-refractivity contribution in [2.45, 2.75) is 52.5 Å². The third-order valence-corrected chi connectivity index (χ3v) is 3.20. The van der Waals surface area contributed by atoms with Crippen LogP contribution in [0.25, 0.3) is 0 Å². The van der Waals surface area contributed by atoms with E-state index in [1.54, 1.807) is 0 Å². The number of amides is 1. The number of alkyl halides is 2. The Morgan fingerprint density at radius 1 is 1.33 bits per heavy atom. The van der Waals surface area contributed by atoms with Crippen LogP contribution in [0.5, 0.6) is 0 Å². The van der Waals surface area contributed by atoms with Crippen molar-refractivity contribution in [3.05, 3.63) is 0 Å². The van der Waals surface area contributed by atoms with Gasteiger partial charge < -0.3 is 5.32 Å². The van der Waals surface area contributed by atoms with Gasteiger partial charge in [-0.15, -0.1) is 0 Å². The van der Waals surface area contributed by atoms with Gasteiger partial charge in [-0.1, -0.05) is 20.8 Å². The van der Waals surface area contributed by atoms with Crippen LogP contribution >= 0.6 is 0 Å². The van der Waals surface area contributed by atoms with Crippen molar-refractivity contribution in [3.8, 4) is 0 Å². The zero-order valence-electron chi connectivity index (χ0n) is 9.52. The Kier molecular flexibility index (Phi) is 3.68. The maximum Gasteiger partial charge on any atom is 0.315 e. The molecule has 1 N–H and O–H groups in total. The van der Waals surface area contributed by atoms with E-state index in [9.17, 15) is 13.6 Å². The lowest BCUT2D eigenvalue weighted by Crippen LogP contribution is -2.37. The molecule has 0 aromatic rings. The zero-order valence-corrected chi connectivity index (χ0v) is 9.52. The first-order valence-corrected chi connectivity index (χ1v) is 5.39. The number of rotatable bonds is 2. The molecule has 0 aromatic carbocycles. The number of carbonyl (C=O) groups is 1. The Bertz CT molecular complexity index is 235. The molecular weight excluding hydrogens is 200 g/mol. The molecule has 2 nitrogen and oxygen atoms in total. The second kappa shape index (κ2) is 4.45. The number of hydrogen-bond acceptors (Lipinski definition) is 1. The highest BCUT2D eigenvalue weighted by atomic mass is 19.3. The van der Waals surface area contributed by atoms with E-state index in [4.69, 9.17) is 0 Å². The van der Waals surface area contributed by atoms with Gasteiger partial charge in [0, 0.05) is 6.04 Å². The summed E-state index contributed by atoms with van der Waals surface area (Å²) in [5.41, 5.74) is 0.199. The highest BCUT2D eigenvalue weighted by molar-refractivity contribution is 5.79. The van der Waals surface area contributed by atoms with Crippen LogP contribution in [0.2, 0.25) is 0 Å². The van der Waals surface area contributed by atoms with Gasteiger partial charge in [-0.3, -0.25) is 4.79 Å². The summed E-state index contributed by atoms with van der Waals surface area (Å²) >= 11 is 0. The van der Waals surface area contributed by atoms with Gasteiger partial charge in [-0.25, -0.2) is 0 Å². The summed E-state index contributed by atoms with van der Waals surface area (Å²) < 4.78 is 24.0. The molecule has 1 rings (SSSR count). The molecule has 15 heavy (non-hydrogen) atoms. The maximum atomic E-state index is 12.0. The fraction of sp³-hybridized carbons (Fsp3) is 0.909. The van der Waals surface area contributed by atoms with E-state index < -0.39 is 12.3 Å². The number of halogens is 2. The third-order valence-electron chi connectivity index (χ3n) is 3.20. The molecule has 0 heterocycles. The summed E-state index contributed by atoms with van der Waals surface area (Å²) in [6.07, 6.45) is -0.237. The lowest BCUT2D eigenvalue weighted by atomic mass is 9.80. The summed E-state index contributed by atoms with van der Waals surface area (Å²) in [5.74, 6) is -0.616. The second-order valence-corrected chi connectivity index (χ2v) is 5.38. The highest BCUT2D eigenvalue weighted by Crippen LogP contribution is 2.39. The van der Waals surface area contributed by atoms with Crippen molar-refractivity contribution in [1.82, 2.24) is 5.32 Å². The van der Waals surface area contributed by atoms with Gasteiger partial charge in [0.15, 0.2) is 0 Å². The van der Waals surface area contributed by atoms with Gasteiger partial charge in [0.1, 0.15) is 0 Å². The third kappa shape index (κ3) is 3.43. The molecule has 1 fully saturated rings. The van der Waals surface area contributed by atoms with Crippen LogP contribution in [-0.2, 0) is 4.79 Å². The van der Waals surface area contributed by atoms with Gasteiger partial charge in [-0.2, -0.15) is 8.78 Å². The lowest BCUT2D eigenvalue weighted by Gasteiger charge is -2.26. The standard InChI is InChI=1S/C11H19F2NO/c1-11(2,3)7-4-5-8(6-7)14-10(15)9(12)13/h7-9H,4-6H2,1-3H3,(H,14,15). The fourth-order valence-corrected chi connectivity index (χ4v) is 2.16. The minimum absolute atomic E-state index is 0.0595. The largest absolute Gasteiger partial charge is 0.348 e. The van der Waals surface area contributed by atoms with Gasteiger partial charge in [0.25, 0.3) is 5.91 Å². The van der Waals surface area contributed by atoms with Crippen LogP contribution in [0, 0.1) is 11.3 Å². The molecule has 88 valence electrons. The molecule has 1 aliphatic carbocycles. The average molecular weight is 219 g/mol. The van der Waals surface area contributed by atoms with Crippen molar-refractivity contribution in [3.63, 3.8) is 0 Å². The van der Waals surface area contributed by atoms with Crippen LogP contribution in [-0.4, -0.2) is 18.4 Å². The van der Waals surface area contributed by atoms with Crippen LogP contribution < -0.4 is 5.32 Å². The predicted molar refractivity (Wildman–Crippen MR) is 54.7 cm³/mol. The number of hydrogen-bond donors (Lipinski definition) is 1. The molecule has 1 aliphatic rings. The number of nitrogens with one attached hydrogen (secondary N) is 1. The molecule has 2 atom stereocenters. The Morgan fingerprint density at radius 3 is 2.33 bits per heavy atom. The van der Waals surface area contributed by atoms with Gasteiger partial charge >= 0.3 is 6.43 Å². The minimum atomic E-state index is -2.89. The summed E-state index contributed by atoms with van der Waals surface area (Å²) in [5, 5.41) is 2.39. The Balaban J connectivity index is 2.41. The van der Waals surface area contributed by atoms with E-state index in [1.165, 1.54) is 0 Å². The quantitative estimate of drug-likeness (QED) is 0.760. The molecule has 0 aliphatic heterocycles. The monoisotopic (exact) mass is 219 g/mol. The summed E-state index contributed by atoms with van der Waals surface area (Å²) in [4.78, 5) is 10.8. The molecule has 1 saturated carbocycles. The maximum absolute atomic E-state index is 12.0. The summed E-state index contributed by atoms with van der Waals surface area (Å²) in [6, 6.07) is -0.0595. The number of carbonyl (C=O) groups excluding carboxylic acids is 1. The van der Waals surface area contributed by atoms with Crippen molar-refractivity contribution < 1.29 is 13.6 Å². The molecule has 0 saturated heterocycles. The molecule has 0 aromatic heterocycles. The van der Waals surface area contributed by atoms with E-state index >= 15 is 0 Å². The summed E-state index contributed by atoms with van der Waals surface area (Å²) in [7, 11) is 0. The smallest absolute Gasteiger partial charge is 0.315 e. The topological polar surface area (TPSA) is 29.1 Å². The van der Waals surface area contributed by atoms with Gasteiger partial charge in [0.2, 0.25) is 0 Å². The van der Waals surface area contributed by atoms with Crippen LogP contribution in [0.4, 0.5) is 8.78 Å². The van der Waals surface area contributed by atoms with E-state index in [2.05, 4.69) is 26.1 Å². The van der Waals surface area contributed by atoms with E-state index in [0.717, 1.165) is 19.3 Å². The molecule has 4 heteroatoms. The SMILES string of the molecule is CC(C)(C)C1CCC(NC(=O)C(F)F)C1. The summed E-state index contributed by atoms with van der Waals surface area (Å²) in [6.45, 7) is 6.44. The van der Waals surface area contributed by atoms with Crippen LogP contribution in [0.1, 0.15) is 40.0 Å². The van der Waals surface area contributed by atoms with E-state index in [-0.39, 0.29) is 11.5 Å². The van der Waals surface area contributed by atoms with E-state index in [0.29, 0.717) is 5.92 Å². The molecule has 0 spiro atoms. The first-order chi connectivity index (χ1) is 6.80. The van der Waals surface area contributed by atoms with Crippen molar-refractivity contribution in [2.24, 2.45) is 11.3 Å². The second-order valence-electron chi connectivity index (χ2n) is 5.38. The molecular formula is C11H19F2NO. The normalized spacial score (nSPS) is 27.1. The average Bonchev–Trinajstić information content (AvgIpc) is 2.51. The molecule has 0 bridgehead atoms. The van der Waals surface area contributed by atoms with Crippen molar-refractivity contribution >= 4 is 5.91 Å². The Labute approximate surface area is 89.4 Å². The minimum Gasteiger partial charge on any atom is -0.348 e. The van der Waals surface area contributed by atoms with Gasteiger partial charge in [0.05, 0.1) is 0 Å². The van der Waals surface area contributed by atoms with Crippen molar-refractivity contribution in [1.29, 1.82) is 0 Å². The predicted octanol–water partition coefficient (Wildman–Crippen LogP) is 2.58. The zero-order chi connectivity index (χ0) is 11.6. The fourth-order valence-electron chi connectivity index (χ4n) is 2.16. The Morgan fingerprint density at radius 2 is 1.93 bits per heavy atom. The molecule has 2 unspecified atom stereocenters. The van der Waals surface area contributed by atoms with Crippen LogP contribution in [0.15, 0.2) is 0 Å². The first kappa shape index (κ1) is 12.4.